The van der Waals surface area contributed by atoms with Crippen LogP contribution in [0.5, 0.6) is 11.5 Å². The van der Waals surface area contributed by atoms with Crippen LogP contribution in [0.15, 0.2) is 52.1 Å². The lowest BCUT2D eigenvalue weighted by Gasteiger charge is -2.18. The number of hydrogen-bond acceptors (Lipinski definition) is 5. The van der Waals surface area contributed by atoms with Gasteiger partial charge in [-0.05, 0) is 44.0 Å². The molecule has 2 atom stereocenters. The Bertz CT molecular complexity index is 749. The van der Waals surface area contributed by atoms with Crippen molar-refractivity contribution in [1.29, 1.82) is 0 Å². The average Bonchev–Trinajstić information content (AvgIpc) is 3.44. The highest BCUT2D eigenvalue weighted by molar-refractivity contribution is 14.0. The number of halogens is 1. The van der Waals surface area contributed by atoms with Gasteiger partial charge in [-0.15, -0.1) is 24.0 Å². The average molecular weight is 529 g/mol. The topological polar surface area (TPSA) is 77.2 Å². The Balaban J connectivity index is 0.00000320. The van der Waals surface area contributed by atoms with Crippen LogP contribution in [-0.2, 0) is 11.2 Å². The number of aliphatic imine (C=N–C) groups is 1. The molecular formula is C22H32IN3O4. The second-order valence-electron chi connectivity index (χ2n) is 7.04. The first-order valence-electron chi connectivity index (χ1n) is 10.2. The minimum absolute atomic E-state index is 0. The van der Waals surface area contributed by atoms with E-state index in [0.717, 1.165) is 62.2 Å². The number of rotatable bonds is 10. The summed E-state index contributed by atoms with van der Waals surface area (Å²) in [4.78, 5) is 4.70. The van der Waals surface area contributed by atoms with Crippen molar-refractivity contribution in [2.75, 3.05) is 33.4 Å². The Labute approximate surface area is 195 Å². The van der Waals surface area contributed by atoms with Gasteiger partial charge in [0.25, 0.3) is 0 Å². The van der Waals surface area contributed by atoms with Gasteiger partial charge in [-0.3, -0.25) is 0 Å². The van der Waals surface area contributed by atoms with Gasteiger partial charge in [0.05, 0.1) is 26.0 Å². The monoisotopic (exact) mass is 529 g/mol. The second kappa shape index (κ2) is 13.4. The van der Waals surface area contributed by atoms with Gasteiger partial charge in [0, 0.05) is 26.1 Å². The molecule has 2 unspecified atom stereocenters. The van der Waals surface area contributed by atoms with E-state index in [1.807, 2.05) is 43.3 Å². The van der Waals surface area contributed by atoms with E-state index < -0.39 is 0 Å². The van der Waals surface area contributed by atoms with Crippen LogP contribution < -0.4 is 20.1 Å². The van der Waals surface area contributed by atoms with E-state index in [1.165, 1.54) is 0 Å². The van der Waals surface area contributed by atoms with Gasteiger partial charge in [0.2, 0.25) is 0 Å². The minimum atomic E-state index is -0.0993. The maximum absolute atomic E-state index is 6.00. The molecule has 1 aliphatic rings. The SMILES string of the molecule is COc1ccccc1OC(C)CN=C(NCCc1ccco1)NCC1CCCO1.I. The quantitative estimate of drug-likeness (QED) is 0.278. The zero-order valence-electron chi connectivity index (χ0n) is 17.6. The van der Waals surface area contributed by atoms with Gasteiger partial charge in [0.15, 0.2) is 17.5 Å². The molecule has 1 aromatic heterocycles. The zero-order valence-corrected chi connectivity index (χ0v) is 20.0. The van der Waals surface area contributed by atoms with Crippen LogP contribution in [0, 0.1) is 0 Å². The summed E-state index contributed by atoms with van der Waals surface area (Å²) >= 11 is 0. The summed E-state index contributed by atoms with van der Waals surface area (Å²) in [5, 5.41) is 6.75. The number of benzene rings is 1. The van der Waals surface area contributed by atoms with Crippen LogP contribution in [0.1, 0.15) is 25.5 Å². The largest absolute Gasteiger partial charge is 0.493 e. The number of para-hydroxylation sites is 2. The van der Waals surface area contributed by atoms with Gasteiger partial charge >= 0.3 is 0 Å². The first-order chi connectivity index (χ1) is 14.2. The van der Waals surface area contributed by atoms with Gasteiger partial charge in [-0.2, -0.15) is 0 Å². The predicted octanol–water partition coefficient (Wildman–Crippen LogP) is 3.63. The van der Waals surface area contributed by atoms with Crippen molar-refractivity contribution in [1.82, 2.24) is 10.6 Å². The summed E-state index contributed by atoms with van der Waals surface area (Å²) in [6.45, 7) is 4.83. The van der Waals surface area contributed by atoms with Crippen molar-refractivity contribution in [2.45, 2.75) is 38.4 Å². The Morgan fingerprint density at radius 3 is 2.73 bits per heavy atom. The molecule has 0 amide bonds. The summed E-state index contributed by atoms with van der Waals surface area (Å²) < 4.78 is 22.4. The third kappa shape index (κ3) is 8.06. The fraction of sp³-hybridized carbons (Fsp3) is 0.500. The van der Waals surface area contributed by atoms with Gasteiger partial charge in [0.1, 0.15) is 11.9 Å². The molecule has 1 fully saturated rings. The number of guanidine groups is 1. The summed E-state index contributed by atoms with van der Waals surface area (Å²) in [7, 11) is 1.64. The Kier molecular flexibility index (Phi) is 10.9. The van der Waals surface area contributed by atoms with E-state index in [1.54, 1.807) is 13.4 Å². The molecule has 2 aromatic rings. The Morgan fingerprint density at radius 2 is 2.03 bits per heavy atom. The van der Waals surface area contributed by atoms with E-state index in [2.05, 4.69) is 10.6 Å². The first-order valence-corrected chi connectivity index (χ1v) is 10.2. The summed E-state index contributed by atoms with van der Waals surface area (Å²) in [6.07, 6.45) is 4.83. The van der Waals surface area contributed by atoms with Crippen molar-refractivity contribution >= 4 is 29.9 Å². The Hall–Kier alpha value is -1.94. The fourth-order valence-corrected chi connectivity index (χ4v) is 3.14. The molecule has 2 N–H and O–H groups in total. The molecule has 3 rings (SSSR count). The lowest BCUT2D eigenvalue weighted by atomic mass is 10.2. The molecule has 166 valence electrons. The minimum Gasteiger partial charge on any atom is -0.493 e. The maximum atomic E-state index is 6.00. The molecule has 0 spiro atoms. The van der Waals surface area contributed by atoms with Crippen LogP contribution in [0.4, 0.5) is 0 Å². The summed E-state index contributed by atoms with van der Waals surface area (Å²) in [5.74, 6) is 3.14. The molecule has 7 nitrogen and oxygen atoms in total. The highest BCUT2D eigenvalue weighted by Gasteiger charge is 2.16. The van der Waals surface area contributed by atoms with Gasteiger partial charge in [-0.25, -0.2) is 4.99 Å². The highest BCUT2D eigenvalue weighted by atomic mass is 127. The predicted molar refractivity (Wildman–Crippen MR) is 128 cm³/mol. The Morgan fingerprint density at radius 1 is 1.20 bits per heavy atom. The first kappa shape index (κ1) is 24.3. The lowest BCUT2D eigenvalue weighted by Crippen LogP contribution is -2.42. The lowest BCUT2D eigenvalue weighted by molar-refractivity contribution is 0.113. The fourth-order valence-electron chi connectivity index (χ4n) is 3.14. The molecule has 0 bridgehead atoms. The third-order valence-corrected chi connectivity index (χ3v) is 4.67. The van der Waals surface area contributed by atoms with Crippen molar-refractivity contribution in [3.63, 3.8) is 0 Å². The molecule has 8 heteroatoms. The van der Waals surface area contributed by atoms with Gasteiger partial charge in [-0.1, -0.05) is 12.1 Å². The molecule has 1 saturated heterocycles. The second-order valence-corrected chi connectivity index (χ2v) is 7.04. The van der Waals surface area contributed by atoms with E-state index >= 15 is 0 Å². The smallest absolute Gasteiger partial charge is 0.191 e. The van der Waals surface area contributed by atoms with Crippen LogP contribution in [0.3, 0.4) is 0 Å². The van der Waals surface area contributed by atoms with Crippen LogP contribution >= 0.6 is 24.0 Å². The summed E-state index contributed by atoms with van der Waals surface area (Å²) in [5.41, 5.74) is 0. The molecule has 0 aliphatic carbocycles. The van der Waals surface area contributed by atoms with E-state index in [4.69, 9.17) is 23.6 Å². The van der Waals surface area contributed by atoms with Crippen molar-refractivity contribution in [3.8, 4) is 11.5 Å². The molecule has 0 radical (unpaired) electrons. The molecule has 1 aliphatic heterocycles. The molecule has 1 aromatic carbocycles. The third-order valence-electron chi connectivity index (χ3n) is 4.67. The number of furan rings is 1. The molecule has 0 saturated carbocycles. The standard InChI is InChI=1S/C22H31N3O4.HI/c1-17(29-21-10-4-3-9-20(21)26-2)15-24-22(25-16-19-8-6-14-28-19)23-12-11-18-7-5-13-27-18;/h3-5,7,9-10,13,17,19H,6,8,11-12,14-16H2,1-2H3,(H2,23,24,25);1H. The van der Waals surface area contributed by atoms with Crippen molar-refractivity contribution in [2.24, 2.45) is 4.99 Å². The number of nitrogens with zero attached hydrogens (tertiary/aromatic N) is 1. The molecule has 30 heavy (non-hydrogen) atoms. The van der Waals surface area contributed by atoms with Crippen molar-refractivity contribution in [3.05, 3.63) is 48.4 Å². The van der Waals surface area contributed by atoms with E-state index in [0.29, 0.717) is 6.54 Å². The van der Waals surface area contributed by atoms with Crippen LogP contribution in [0.25, 0.3) is 0 Å². The summed E-state index contributed by atoms with van der Waals surface area (Å²) in [6, 6.07) is 11.5. The van der Waals surface area contributed by atoms with E-state index in [9.17, 15) is 0 Å². The van der Waals surface area contributed by atoms with Crippen molar-refractivity contribution < 1.29 is 18.6 Å². The van der Waals surface area contributed by atoms with Gasteiger partial charge < -0.3 is 29.3 Å². The van der Waals surface area contributed by atoms with E-state index in [-0.39, 0.29) is 36.2 Å². The number of nitrogens with one attached hydrogen (secondary N) is 2. The zero-order chi connectivity index (χ0) is 20.3. The van der Waals surface area contributed by atoms with Crippen LogP contribution in [0.2, 0.25) is 0 Å². The number of ether oxygens (including phenoxy) is 3. The number of hydrogen-bond donors (Lipinski definition) is 2. The number of methoxy groups -OCH3 is 1. The normalized spacial score (nSPS) is 17.1. The molecule has 2 heterocycles. The highest BCUT2D eigenvalue weighted by Crippen LogP contribution is 2.26. The maximum Gasteiger partial charge on any atom is 0.191 e. The molecular weight excluding hydrogens is 497 g/mol. The van der Waals surface area contributed by atoms with Crippen LogP contribution in [-0.4, -0.2) is 51.5 Å².